The van der Waals surface area contributed by atoms with Crippen molar-refractivity contribution in [1.29, 1.82) is 0 Å². The molecule has 0 bridgehead atoms. The molecular formula is C44H54IrNO4-. The molecule has 0 unspecified atom stereocenters. The summed E-state index contributed by atoms with van der Waals surface area (Å²) >= 11 is 0. The van der Waals surface area contributed by atoms with Crippen molar-refractivity contribution in [3.05, 3.63) is 77.7 Å². The second kappa shape index (κ2) is 15.8. The number of aliphatic hydroxyl groups excluding tert-OH is 1. The molecule has 1 N–H and O–H groups in total. The molecule has 0 fully saturated rings. The molecule has 6 aromatic rings. The quantitative estimate of drug-likeness (QED) is 0.0891. The monoisotopic (exact) mass is 853 g/mol. The minimum Gasteiger partial charge on any atom is -0.512 e. The molecule has 0 saturated carbocycles. The van der Waals surface area contributed by atoms with Gasteiger partial charge < -0.3 is 13.9 Å². The number of hydrogen-bond donors (Lipinski definition) is 1. The molecule has 0 atom stereocenters. The maximum atomic E-state index is 11.7. The van der Waals surface area contributed by atoms with Crippen molar-refractivity contribution in [2.45, 2.75) is 108 Å². The Labute approximate surface area is 311 Å². The molecule has 269 valence electrons. The van der Waals surface area contributed by atoms with Gasteiger partial charge in [0.1, 0.15) is 16.7 Å². The van der Waals surface area contributed by atoms with Crippen LogP contribution in [-0.4, -0.2) is 15.9 Å². The number of carbonyl (C=O) groups is 1. The number of aromatic nitrogens is 1. The van der Waals surface area contributed by atoms with E-state index in [-0.39, 0.29) is 54.3 Å². The SMILES string of the molecule is CC(C)(C)Cc1cc2oc3c(CC(C)(C)C)ccnc3c3[c-]c4ccccc4c4oc(c1)c2c34.CCC(CC)C(=O)/C=C(\O)C(CC)CC.[Ir]. The van der Waals surface area contributed by atoms with Gasteiger partial charge in [0.15, 0.2) is 5.78 Å². The van der Waals surface area contributed by atoms with Crippen LogP contribution in [-0.2, 0) is 37.7 Å². The molecule has 0 aliphatic carbocycles. The van der Waals surface area contributed by atoms with E-state index in [1.54, 1.807) is 0 Å². The number of fused-ring (bicyclic) bond motifs is 4. The van der Waals surface area contributed by atoms with Gasteiger partial charge in [0.2, 0.25) is 0 Å². The number of rotatable bonds is 9. The summed E-state index contributed by atoms with van der Waals surface area (Å²) in [6.45, 7) is 21.6. The Bertz CT molecular complexity index is 2130. The van der Waals surface area contributed by atoms with Gasteiger partial charge in [0.25, 0.3) is 0 Å². The van der Waals surface area contributed by atoms with Gasteiger partial charge in [-0.25, -0.2) is 0 Å². The summed E-state index contributed by atoms with van der Waals surface area (Å²) in [6.07, 6.45) is 8.64. The average molecular weight is 853 g/mol. The first kappa shape index (κ1) is 39.3. The summed E-state index contributed by atoms with van der Waals surface area (Å²) in [4.78, 5) is 16.6. The zero-order chi connectivity index (χ0) is 35.7. The van der Waals surface area contributed by atoms with Gasteiger partial charge in [0, 0.05) is 55.1 Å². The Morgan fingerprint density at radius 3 is 1.98 bits per heavy atom. The van der Waals surface area contributed by atoms with E-state index in [1.165, 1.54) is 17.2 Å². The van der Waals surface area contributed by atoms with Gasteiger partial charge in [-0.2, -0.15) is 0 Å². The Morgan fingerprint density at radius 1 is 0.820 bits per heavy atom. The largest absolute Gasteiger partial charge is 0.512 e. The van der Waals surface area contributed by atoms with Crippen LogP contribution in [0.25, 0.3) is 54.8 Å². The van der Waals surface area contributed by atoms with Gasteiger partial charge in [-0.3, -0.25) is 9.78 Å². The Balaban J connectivity index is 0.000000301. The first-order chi connectivity index (χ1) is 23.2. The van der Waals surface area contributed by atoms with Crippen molar-refractivity contribution in [1.82, 2.24) is 4.98 Å². The predicted octanol–water partition coefficient (Wildman–Crippen LogP) is 12.9. The standard InChI is InChI=1S/C31H30NO2.C13H24O2.Ir/c1-30(2,3)16-18-13-23-26-24(14-18)34-29-21-10-8-7-9-19(21)15-22(25(26)29)27-28(33-23)20(11-12-32-27)17-31(4,5)6;1-5-10(6-2)12(14)9-13(15)11(7-3)8-4;/h7-14H,16-17H2,1-6H3;9-11,14H,5-8H2,1-4H3;/q-1;;/b;12-9-;. The second-order valence-corrected chi connectivity index (χ2v) is 16.0. The van der Waals surface area contributed by atoms with Crippen molar-refractivity contribution >= 4 is 60.6 Å². The number of nitrogens with zero attached hydrogens (tertiary/aromatic N) is 1. The summed E-state index contributed by atoms with van der Waals surface area (Å²) < 4.78 is 13.4. The predicted molar refractivity (Wildman–Crippen MR) is 205 cm³/mol. The number of carbonyl (C=O) groups excluding carboxylic acids is 1. The van der Waals surface area contributed by atoms with Crippen molar-refractivity contribution in [3.8, 4) is 0 Å². The fraction of sp³-hybridized carbons (Fsp3) is 0.455. The normalized spacial score (nSPS) is 12.8. The number of hydrogen-bond acceptors (Lipinski definition) is 5. The molecule has 0 amide bonds. The molecule has 6 heteroatoms. The minimum absolute atomic E-state index is 0. The van der Waals surface area contributed by atoms with Crippen LogP contribution in [0.15, 0.2) is 69.3 Å². The fourth-order valence-corrected chi connectivity index (χ4v) is 7.01. The van der Waals surface area contributed by atoms with Gasteiger partial charge in [-0.15, -0.1) is 17.5 Å². The van der Waals surface area contributed by atoms with Gasteiger partial charge in [0.05, 0.1) is 11.3 Å². The third-order valence-corrected chi connectivity index (χ3v) is 9.47. The van der Waals surface area contributed by atoms with Crippen LogP contribution in [0.4, 0.5) is 0 Å². The van der Waals surface area contributed by atoms with Crippen LogP contribution in [0, 0.1) is 28.7 Å². The topological polar surface area (TPSA) is 76.5 Å². The van der Waals surface area contributed by atoms with Gasteiger partial charge in [-0.05, 0) is 89.5 Å². The fourth-order valence-electron chi connectivity index (χ4n) is 7.01. The summed E-state index contributed by atoms with van der Waals surface area (Å²) in [5.74, 6) is 0.547. The van der Waals surface area contributed by atoms with Crippen LogP contribution in [0.3, 0.4) is 0 Å². The molecule has 50 heavy (non-hydrogen) atoms. The molecule has 0 aliphatic rings. The van der Waals surface area contributed by atoms with Crippen molar-refractivity contribution in [2.75, 3.05) is 0 Å². The molecule has 3 aromatic heterocycles. The van der Waals surface area contributed by atoms with E-state index in [1.807, 2.05) is 40.0 Å². The Kier molecular flexibility index (Phi) is 12.4. The summed E-state index contributed by atoms with van der Waals surface area (Å²) in [7, 11) is 0. The maximum absolute atomic E-state index is 11.7. The van der Waals surface area contributed by atoms with Crippen molar-refractivity contribution in [2.24, 2.45) is 22.7 Å². The van der Waals surface area contributed by atoms with E-state index >= 15 is 0 Å². The van der Waals surface area contributed by atoms with Crippen molar-refractivity contribution < 1.29 is 38.8 Å². The Hall–Kier alpha value is -3.47. The molecule has 3 aromatic carbocycles. The van der Waals surface area contributed by atoms with E-state index < -0.39 is 0 Å². The number of pyridine rings is 1. The van der Waals surface area contributed by atoms with E-state index in [0.717, 1.165) is 93.3 Å². The number of aliphatic hydroxyl groups is 1. The van der Waals surface area contributed by atoms with E-state index in [9.17, 15) is 9.90 Å². The molecule has 3 heterocycles. The van der Waals surface area contributed by atoms with E-state index in [2.05, 4.69) is 84.0 Å². The van der Waals surface area contributed by atoms with Crippen LogP contribution in [0.1, 0.15) is 106 Å². The van der Waals surface area contributed by atoms with Crippen LogP contribution < -0.4 is 0 Å². The average Bonchev–Trinajstić information content (AvgIpc) is 3.34. The first-order valence-corrected chi connectivity index (χ1v) is 18.1. The van der Waals surface area contributed by atoms with Gasteiger partial charge in [-0.1, -0.05) is 92.8 Å². The molecular weight excluding hydrogens is 799 g/mol. The molecule has 6 rings (SSSR count). The maximum Gasteiger partial charge on any atom is 0.162 e. The number of allylic oxidation sites excluding steroid dienone is 2. The molecule has 5 nitrogen and oxygen atoms in total. The summed E-state index contributed by atoms with van der Waals surface area (Å²) in [5.41, 5.74) is 6.94. The van der Waals surface area contributed by atoms with Crippen LogP contribution in [0.2, 0.25) is 0 Å². The number of ketones is 1. The van der Waals surface area contributed by atoms with E-state index in [4.69, 9.17) is 13.8 Å². The Morgan fingerprint density at radius 2 is 1.40 bits per heavy atom. The van der Waals surface area contributed by atoms with E-state index in [0.29, 0.717) is 0 Å². The second-order valence-electron chi connectivity index (χ2n) is 16.0. The smallest absolute Gasteiger partial charge is 0.162 e. The molecule has 0 spiro atoms. The summed E-state index contributed by atoms with van der Waals surface area (Å²) in [5, 5.41) is 14.9. The molecule has 0 aliphatic heterocycles. The third kappa shape index (κ3) is 8.52. The number of furan rings is 1. The molecule has 0 saturated heterocycles. The third-order valence-electron chi connectivity index (χ3n) is 9.47. The summed E-state index contributed by atoms with van der Waals surface area (Å²) in [6, 6.07) is 18.5. The van der Waals surface area contributed by atoms with Crippen molar-refractivity contribution in [3.63, 3.8) is 0 Å². The number of benzene rings is 3. The zero-order valence-corrected chi connectivity index (χ0v) is 33.9. The first-order valence-electron chi connectivity index (χ1n) is 18.1. The minimum atomic E-state index is 0. The van der Waals surface area contributed by atoms with Crippen LogP contribution >= 0.6 is 0 Å². The molecule has 1 radical (unpaired) electrons. The van der Waals surface area contributed by atoms with Crippen LogP contribution in [0.5, 0.6) is 0 Å². The van der Waals surface area contributed by atoms with Gasteiger partial charge >= 0.3 is 0 Å². The zero-order valence-electron chi connectivity index (χ0n) is 31.5.